The SMILES string of the molecule is CC(=S)CC[C@H]1CN(c2ccc(N3C=NNCC3)c(F)c2)C(=O)O1. The van der Waals surface area contributed by atoms with Gasteiger partial charge in [0.2, 0.25) is 0 Å². The van der Waals surface area contributed by atoms with Crippen LogP contribution in [0.25, 0.3) is 0 Å². The molecule has 6 nitrogen and oxygen atoms in total. The second kappa shape index (κ2) is 7.12. The highest BCUT2D eigenvalue weighted by atomic mass is 32.1. The second-order valence-corrected chi connectivity index (χ2v) is 6.54. The first-order valence-electron chi connectivity index (χ1n) is 7.84. The predicted molar refractivity (Wildman–Crippen MR) is 95.4 cm³/mol. The Morgan fingerprint density at radius 2 is 2.38 bits per heavy atom. The van der Waals surface area contributed by atoms with Crippen LogP contribution in [-0.4, -0.2) is 43.0 Å². The Kier molecular flexibility index (Phi) is 4.94. The molecule has 0 bridgehead atoms. The molecule has 1 fully saturated rings. The molecule has 1 atom stereocenters. The molecule has 8 heteroatoms. The minimum absolute atomic E-state index is 0.210. The monoisotopic (exact) mass is 350 g/mol. The molecule has 2 heterocycles. The molecule has 2 aliphatic rings. The smallest absolute Gasteiger partial charge is 0.414 e. The third-order valence-electron chi connectivity index (χ3n) is 4.00. The Morgan fingerprint density at radius 3 is 3.04 bits per heavy atom. The summed E-state index contributed by atoms with van der Waals surface area (Å²) in [6.07, 6.45) is 2.32. The van der Waals surface area contributed by atoms with E-state index in [0.717, 1.165) is 11.3 Å². The molecule has 1 aromatic carbocycles. The average Bonchev–Trinajstić information content (AvgIpc) is 2.94. The van der Waals surface area contributed by atoms with Gasteiger partial charge in [0.1, 0.15) is 18.3 Å². The molecular formula is C16H19FN4O2S. The van der Waals surface area contributed by atoms with Gasteiger partial charge in [0.15, 0.2) is 0 Å². The van der Waals surface area contributed by atoms with Crippen molar-refractivity contribution in [1.82, 2.24) is 5.43 Å². The van der Waals surface area contributed by atoms with Crippen molar-refractivity contribution in [1.29, 1.82) is 0 Å². The van der Waals surface area contributed by atoms with E-state index in [-0.39, 0.29) is 6.10 Å². The molecule has 1 saturated heterocycles. The van der Waals surface area contributed by atoms with Crippen molar-refractivity contribution >= 4 is 40.9 Å². The summed E-state index contributed by atoms with van der Waals surface area (Å²) in [5.74, 6) is -0.396. The molecule has 0 aliphatic carbocycles. The first kappa shape index (κ1) is 16.6. The number of nitrogens with one attached hydrogen (secondary N) is 1. The summed E-state index contributed by atoms with van der Waals surface area (Å²) in [6, 6.07) is 4.74. The summed E-state index contributed by atoms with van der Waals surface area (Å²) in [6.45, 7) is 3.56. The zero-order chi connectivity index (χ0) is 17.1. The van der Waals surface area contributed by atoms with Crippen molar-refractivity contribution in [3.63, 3.8) is 0 Å². The second-order valence-electron chi connectivity index (χ2n) is 5.84. The summed E-state index contributed by atoms with van der Waals surface area (Å²) in [7, 11) is 0. The molecule has 128 valence electrons. The maximum Gasteiger partial charge on any atom is 0.414 e. The van der Waals surface area contributed by atoms with E-state index in [2.05, 4.69) is 10.5 Å². The maximum atomic E-state index is 14.4. The zero-order valence-electron chi connectivity index (χ0n) is 13.4. The van der Waals surface area contributed by atoms with Gasteiger partial charge in [0.05, 0.1) is 24.5 Å². The van der Waals surface area contributed by atoms with E-state index >= 15 is 0 Å². The Labute approximate surface area is 145 Å². The number of amides is 1. The first-order valence-corrected chi connectivity index (χ1v) is 8.25. The number of benzene rings is 1. The number of hydrogen-bond acceptors (Lipinski definition) is 6. The van der Waals surface area contributed by atoms with Crippen LogP contribution in [0, 0.1) is 5.82 Å². The largest absolute Gasteiger partial charge is 0.444 e. The predicted octanol–water partition coefficient (Wildman–Crippen LogP) is 2.67. The number of ether oxygens (including phenoxy) is 1. The van der Waals surface area contributed by atoms with Gasteiger partial charge in [-0.1, -0.05) is 12.2 Å². The molecule has 24 heavy (non-hydrogen) atoms. The van der Waals surface area contributed by atoms with Gasteiger partial charge in [-0.05, 0) is 42.8 Å². The van der Waals surface area contributed by atoms with Gasteiger partial charge in [-0.2, -0.15) is 5.10 Å². The summed E-state index contributed by atoms with van der Waals surface area (Å²) in [5.41, 5.74) is 3.75. The molecule has 3 rings (SSSR count). The van der Waals surface area contributed by atoms with Crippen molar-refractivity contribution in [2.45, 2.75) is 25.9 Å². The summed E-state index contributed by atoms with van der Waals surface area (Å²) in [5, 5.41) is 3.92. The van der Waals surface area contributed by atoms with Gasteiger partial charge in [0.25, 0.3) is 0 Å². The zero-order valence-corrected chi connectivity index (χ0v) is 14.2. The number of cyclic esters (lactones) is 1. The first-order chi connectivity index (χ1) is 11.5. The van der Waals surface area contributed by atoms with Gasteiger partial charge >= 0.3 is 6.09 Å². The number of carbonyl (C=O) groups excluding carboxylic acids is 1. The number of rotatable bonds is 5. The molecular weight excluding hydrogens is 331 g/mol. The van der Waals surface area contributed by atoms with Crippen molar-refractivity contribution in [3.8, 4) is 0 Å². The summed E-state index contributed by atoms with van der Waals surface area (Å²) >= 11 is 5.05. The Morgan fingerprint density at radius 1 is 1.54 bits per heavy atom. The molecule has 0 saturated carbocycles. The van der Waals surface area contributed by atoms with Crippen molar-refractivity contribution in [2.75, 3.05) is 29.4 Å². The van der Waals surface area contributed by atoms with Crippen molar-refractivity contribution in [2.24, 2.45) is 5.10 Å². The Hall–Kier alpha value is -2.22. The third kappa shape index (κ3) is 3.64. The van der Waals surface area contributed by atoms with E-state index in [1.807, 2.05) is 6.92 Å². The lowest BCUT2D eigenvalue weighted by atomic mass is 10.1. The molecule has 0 unspecified atom stereocenters. The molecule has 2 aliphatic heterocycles. The van der Waals surface area contributed by atoms with Crippen LogP contribution in [0.15, 0.2) is 23.3 Å². The van der Waals surface area contributed by atoms with E-state index in [1.54, 1.807) is 23.4 Å². The van der Waals surface area contributed by atoms with E-state index in [4.69, 9.17) is 17.0 Å². The number of nitrogens with zero attached hydrogens (tertiary/aromatic N) is 3. The van der Waals surface area contributed by atoms with Crippen LogP contribution in [-0.2, 0) is 4.74 Å². The van der Waals surface area contributed by atoms with E-state index in [1.165, 1.54) is 11.0 Å². The lowest BCUT2D eigenvalue weighted by Crippen LogP contribution is -2.35. The van der Waals surface area contributed by atoms with E-state index < -0.39 is 11.9 Å². The molecule has 0 aromatic heterocycles. The van der Waals surface area contributed by atoms with Crippen LogP contribution in [0.3, 0.4) is 0 Å². The van der Waals surface area contributed by atoms with Crippen LogP contribution in [0.5, 0.6) is 0 Å². The van der Waals surface area contributed by atoms with Gasteiger partial charge < -0.3 is 15.1 Å². The summed E-state index contributed by atoms with van der Waals surface area (Å²) in [4.78, 5) is 16.1. The van der Waals surface area contributed by atoms with Gasteiger partial charge in [0, 0.05) is 6.54 Å². The topological polar surface area (TPSA) is 57.2 Å². The molecule has 0 spiro atoms. The Bertz CT molecular complexity index is 682. The number of anilines is 2. The van der Waals surface area contributed by atoms with Crippen LogP contribution in [0.4, 0.5) is 20.6 Å². The number of hydrogen-bond donors (Lipinski definition) is 1. The normalized spacial score (nSPS) is 20.1. The fourth-order valence-electron chi connectivity index (χ4n) is 2.73. The Balaban J connectivity index is 1.72. The van der Waals surface area contributed by atoms with Crippen molar-refractivity contribution < 1.29 is 13.9 Å². The molecule has 1 N–H and O–H groups in total. The van der Waals surface area contributed by atoms with Gasteiger partial charge in [-0.3, -0.25) is 4.90 Å². The highest BCUT2D eigenvalue weighted by molar-refractivity contribution is 7.80. The lowest BCUT2D eigenvalue weighted by molar-refractivity contribution is 0.138. The highest BCUT2D eigenvalue weighted by Crippen LogP contribution is 2.28. The number of carbonyl (C=O) groups is 1. The van der Waals surface area contributed by atoms with Gasteiger partial charge in [-0.15, -0.1) is 0 Å². The third-order valence-corrected chi connectivity index (χ3v) is 4.20. The van der Waals surface area contributed by atoms with E-state index in [9.17, 15) is 9.18 Å². The minimum Gasteiger partial charge on any atom is -0.444 e. The minimum atomic E-state index is -0.446. The van der Waals surface area contributed by atoms with E-state index in [0.29, 0.717) is 37.4 Å². The summed E-state index contributed by atoms with van der Waals surface area (Å²) < 4.78 is 19.8. The standard InChI is InChI=1S/C16H19FN4O2S/c1-11(24)2-4-13-9-21(16(22)23-13)12-3-5-15(14(17)8-12)20-7-6-18-19-10-20/h3,5,8,10,13,18H,2,4,6-7,9H2,1H3/t13-/m0/s1. The fraction of sp³-hybridized carbons (Fsp3) is 0.438. The van der Waals surface area contributed by atoms with Crippen LogP contribution in [0.1, 0.15) is 19.8 Å². The number of hydrazone groups is 1. The van der Waals surface area contributed by atoms with Crippen molar-refractivity contribution in [3.05, 3.63) is 24.0 Å². The molecule has 1 amide bonds. The number of halogens is 1. The quantitative estimate of drug-likeness (QED) is 0.828. The van der Waals surface area contributed by atoms with Crippen LogP contribution in [0.2, 0.25) is 0 Å². The molecule has 0 radical (unpaired) electrons. The fourth-order valence-corrected chi connectivity index (χ4v) is 2.85. The average molecular weight is 350 g/mol. The molecule has 1 aromatic rings. The van der Waals surface area contributed by atoms with Gasteiger partial charge in [-0.25, -0.2) is 9.18 Å². The highest BCUT2D eigenvalue weighted by Gasteiger charge is 2.32. The number of thiocarbonyl (C=S) groups is 1. The van der Waals surface area contributed by atoms with Crippen LogP contribution < -0.4 is 15.2 Å². The maximum absolute atomic E-state index is 14.4. The lowest BCUT2D eigenvalue weighted by Gasteiger charge is -2.24. The van der Waals surface area contributed by atoms with Crippen LogP contribution >= 0.6 is 12.2 Å².